The van der Waals surface area contributed by atoms with Crippen molar-refractivity contribution in [3.05, 3.63) is 35.9 Å². The lowest BCUT2D eigenvalue weighted by atomic mass is 9.78. The van der Waals surface area contributed by atoms with Gasteiger partial charge in [0, 0.05) is 12.8 Å². The summed E-state index contributed by atoms with van der Waals surface area (Å²) in [6, 6.07) is 10.7. The highest BCUT2D eigenvalue weighted by Gasteiger charge is 2.55. The molecule has 24 heavy (non-hydrogen) atoms. The second-order valence-electron chi connectivity index (χ2n) is 5.35. The lowest BCUT2D eigenvalue weighted by molar-refractivity contribution is -0.154. The molecule has 0 aromatic heterocycles. The maximum Gasteiger partial charge on any atom is 0.333 e. The number of esters is 1. The van der Waals surface area contributed by atoms with E-state index in [0.717, 1.165) is 12.7 Å². The fourth-order valence-corrected chi connectivity index (χ4v) is 2.93. The molecule has 2 rings (SSSR count). The zero-order valence-electron chi connectivity index (χ0n) is 12.9. The van der Waals surface area contributed by atoms with Crippen LogP contribution in [0.4, 0.5) is 0 Å². The van der Waals surface area contributed by atoms with Crippen LogP contribution in [0.15, 0.2) is 30.3 Å². The Morgan fingerprint density at radius 2 is 2.04 bits per heavy atom. The monoisotopic (exact) mass is 345 g/mol. The number of hydrogen-bond acceptors (Lipinski definition) is 6. The van der Waals surface area contributed by atoms with Crippen molar-refractivity contribution in [1.29, 1.82) is 5.26 Å². The van der Waals surface area contributed by atoms with Crippen LogP contribution in [0.5, 0.6) is 0 Å². The van der Waals surface area contributed by atoms with Crippen LogP contribution in [0.3, 0.4) is 0 Å². The number of rotatable bonds is 5. The van der Waals surface area contributed by atoms with Crippen molar-refractivity contribution < 1.29 is 19.1 Å². The van der Waals surface area contributed by atoms with Crippen LogP contribution in [0.1, 0.15) is 12.0 Å². The van der Waals surface area contributed by atoms with Gasteiger partial charge in [-0.05, 0) is 17.8 Å². The lowest BCUT2D eigenvalue weighted by Crippen LogP contribution is -2.70. The molecule has 1 aromatic rings. The minimum absolute atomic E-state index is 0.0633. The number of thiocarbonyl (C=S) groups is 1. The van der Waals surface area contributed by atoms with Gasteiger partial charge in [0.15, 0.2) is 16.6 Å². The van der Waals surface area contributed by atoms with Gasteiger partial charge in [-0.2, -0.15) is 5.26 Å². The summed E-state index contributed by atoms with van der Waals surface area (Å²) in [7, 11) is 1.12. The van der Waals surface area contributed by atoms with Gasteiger partial charge in [-0.3, -0.25) is 9.59 Å². The predicted molar refractivity (Wildman–Crippen MR) is 87.5 cm³/mol. The summed E-state index contributed by atoms with van der Waals surface area (Å²) in [6.45, 7) is 0. The average molecular weight is 345 g/mol. The van der Waals surface area contributed by atoms with Crippen LogP contribution in [0.2, 0.25) is 0 Å². The number of ketones is 1. The second kappa shape index (κ2) is 7.19. The zero-order chi connectivity index (χ0) is 17.7. The third kappa shape index (κ3) is 3.41. The number of amides is 1. The maximum absolute atomic E-state index is 12.4. The largest absolute Gasteiger partial charge is 0.467 e. The van der Waals surface area contributed by atoms with Crippen molar-refractivity contribution in [3.63, 3.8) is 0 Å². The molecule has 2 N–H and O–H groups in total. The molecule has 0 unspecified atom stereocenters. The topological polar surface area (TPSA) is 108 Å². The molecule has 124 valence electrons. The van der Waals surface area contributed by atoms with E-state index in [2.05, 4.69) is 10.6 Å². The molecule has 0 spiro atoms. The van der Waals surface area contributed by atoms with Gasteiger partial charge in [-0.25, -0.2) is 4.79 Å². The molecular formula is C16H15N3O4S. The molecule has 1 amide bonds. The average Bonchev–Trinajstić information content (AvgIpc) is 2.54. The minimum atomic E-state index is -1.82. The molecule has 2 atom stereocenters. The molecule has 8 heteroatoms. The minimum Gasteiger partial charge on any atom is -0.467 e. The Morgan fingerprint density at radius 1 is 1.38 bits per heavy atom. The van der Waals surface area contributed by atoms with E-state index in [9.17, 15) is 19.6 Å². The van der Waals surface area contributed by atoms with E-state index in [1.165, 1.54) is 0 Å². The van der Waals surface area contributed by atoms with Gasteiger partial charge in [0.05, 0.1) is 13.2 Å². The van der Waals surface area contributed by atoms with Gasteiger partial charge in [-0.1, -0.05) is 30.3 Å². The molecule has 0 radical (unpaired) electrons. The van der Waals surface area contributed by atoms with Crippen LogP contribution in [-0.4, -0.2) is 35.4 Å². The fraction of sp³-hybridized carbons (Fsp3) is 0.312. The summed E-state index contributed by atoms with van der Waals surface area (Å²) in [5, 5.41) is 14.1. The highest BCUT2D eigenvalue weighted by Crippen LogP contribution is 2.27. The molecule has 1 heterocycles. The maximum atomic E-state index is 12.4. The molecule has 1 aliphatic rings. The number of methoxy groups -OCH3 is 1. The normalized spacial score (nSPS) is 22.8. The van der Waals surface area contributed by atoms with Gasteiger partial charge in [0.1, 0.15) is 5.78 Å². The number of nitrogens with one attached hydrogen (secondary N) is 2. The van der Waals surface area contributed by atoms with Gasteiger partial charge < -0.3 is 15.4 Å². The van der Waals surface area contributed by atoms with E-state index in [0.29, 0.717) is 0 Å². The highest BCUT2D eigenvalue weighted by molar-refractivity contribution is 7.80. The Hall–Kier alpha value is -2.79. The second-order valence-corrected chi connectivity index (χ2v) is 5.75. The first-order chi connectivity index (χ1) is 11.4. The summed E-state index contributed by atoms with van der Waals surface area (Å²) >= 11 is 4.91. The molecule has 1 fully saturated rings. The van der Waals surface area contributed by atoms with Gasteiger partial charge in [-0.15, -0.1) is 0 Å². The molecule has 0 aliphatic carbocycles. The lowest BCUT2D eigenvalue weighted by Gasteiger charge is -2.38. The summed E-state index contributed by atoms with van der Waals surface area (Å²) in [6.07, 6.45) is -0.325. The van der Waals surface area contributed by atoms with Crippen molar-refractivity contribution in [1.82, 2.24) is 10.6 Å². The van der Waals surface area contributed by atoms with Crippen molar-refractivity contribution in [3.8, 4) is 6.07 Å². The van der Waals surface area contributed by atoms with E-state index < -0.39 is 23.3 Å². The summed E-state index contributed by atoms with van der Waals surface area (Å²) < 4.78 is 4.73. The van der Waals surface area contributed by atoms with Gasteiger partial charge in [0.25, 0.3) is 0 Å². The van der Waals surface area contributed by atoms with Crippen LogP contribution in [-0.2, 0) is 25.5 Å². The predicted octanol–water partition coefficient (Wildman–Crippen LogP) is 0.244. The summed E-state index contributed by atoms with van der Waals surface area (Å²) in [5.41, 5.74) is -1.06. The first-order valence-electron chi connectivity index (χ1n) is 7.09. The first kappa shape index (κ1) is 17.6. The van der Waals surface area contributed by atoms with E-state index >= 15 is 0 Å². The van der Waals surface area contributed by atoms with Crippen molar-refractivity contribution in [2.24, 2.45) is 5.92 Å². The Labute approximate surface area is 144 Å². The quantitative estimate of drug-likeness (QED) is 0.581. The molecule has 1 aromatic carbocycles. The molecular weight excluding hydrogens is 330 g/mol. The van der Waals surface area contributed by atoms with Crippen molar-refractivity contribution in [2.75, 3.05) is 7.11 Å². The van der Waals surface area contributed by atoms with Crippen LogP contribution < -0.4 is 10.6 Å². The number of ether oxygens (including phenoxy) is 1. The number of nitriles is 1. The summed E-state index contributed by atoms with van der Waals surface area (Å²) in [5.74, 6) is -3.37. The Morgan fingerprint density at radius 3 is 2.62 bits per heavy atom. The zero-order valence-corrected chi connectivity index (χ0v) is 13.7. The van der Waals surface area contributed by atoms with Crippen molar-refractivity contribution in [2.45, 2.75) is 18.4 Å². The van der Waals surface area contributed by atoms with E-state index in [-0.39, 0.29) is 23.7 Å². The number of nitrogens with zero attached hydrogens (tertiary/aromatic N) is 1. The van der Waals surface area contributed by atoms with Crippen molar-refractivity contribution >= 4 is 35.0 Å². The third-order valence-electron chi connectivity index (χ3n) is 3.73. The Kier molecular flexibility index (Phi) is 5.26. The first-order valence-corrected chi connectivity index (χ1v) is 7.50. The SMILES string of the molecule is COC(=O)[C@]1(CC(=O)Cc2ccccc2)NC(=S)NC(=O)[C@H]1C#N. The highest BCUT2D eigenvalue weighted by atomic mass is 32.1. The number of Topliss-reactive ketones (excluding diaryl/α,β-unsaturated/α-hetero) is 1. The van der Waals surface area contributed by atoms with Crippen LogP contribution >= 0.6 is 12.2 Å². The molecule has 0 bridgehead atoms. The molecule has 7 nitrogen and oxygen atoms in total. The van der Waals surface area contributed by atoms with Crippen LogP contribution in [0.25, 0.3) is 0 Å². The van der Waals surface area contributed by atoms with Gasteiger partial charge in [0.2, 0.25) is 5.91 Å². The Balaban J connectivity index is 2.32. The number of carbonyl (C=O) groups excluding carboxylic acids is 3. The smallest absolute Gasteiger partial charge is 0.333 e. The third-order valence-corrected chi connectivity index (χ3v) is 3.93. The van der Waals surface area contributed by atoms with E-state index in [1.54, 1.807) is 30.3 Å². The number of hydrogen-bond donors (Lipinski definition) is 2. The number of benzene rings is 1. The molecule has 0 saturated carbocycles. The number of carbonyl (C=O) groups is 3. The standard InChI is InChI=1S/C16H15N3O4S/c1-23-14(22)16(12(9-17)13(21)18-15(24)19-16)8-11(20)7-10-5-3-2-4-6-10/h2-6,12H,7-8H2,1H3,(H2,18,19,21,24)/t12-,16-/m1/s1. The fourth-order valence-electron chi connectivity index (χ4n) is 2.65. The van der Waals surface area contributed by atoms with Crippen LogP contribution in [0, 0.1) is 17.2 Å². The molecule has 1 saturated heterocycles. The van der Waals surface area contributed by atoms with Gasteiger partial charge >= 0.3 is 5.97 Å². The summed E-state index contributed by atoms with van der Waals surface area (Å²) in [4.78, 5) is 36.8. The molecule has 1 aliphatic heterocycles. The Bertz CT molecular complexity index is 729. The van der Waals surface area contributed by atoms with E-state index in [1.807, 2.05) is 6.07 Å². The van der Waals surface area contributed by atoms with E-state index in [4.69, 9.17) is 17.0 Å².